The predicted molar refractivity (Wildman–Crippen MR) is 111 cm³/mol. The molecule has 0 heterocycles. The Hall–Kier alpha value is -3.92. The van der Waals surface area contributed by atoms with Crippen molar-refractivity contribution >= 4 is 22.5 Å². The summed E-state index contributed by atoms with van der Waals surface area (Å²) in [6, 6.07) is 28.0. The average molecular weight is 382 g/mol. The smallest absolute Gasteiger partial charge is 0.343 e. The van der Waals surface area contributed by atoms with Crippen molar-refractivity contribution in [3.05, 3.63) is 114 Å². The topological polar surface area (TPSA) is 63.6 Å². The van der Waals surface area contributed by atoms with Gasteiger partial charge in [0.1, 0.15) is 11.3 Å². The fourth-order valence-electron chi connectivity index (χ4n) is 3.22. The molecule has 0 saturated heterocycles. The van der Waals surface area contributed by atoms with Crippen molar-refractivity contribution in [1.29, 1.82) is 0 Å². The lowest BCUT2D eigenvalue weighted by atomic mass is 9.99. The van der Waals surface area contributed by atoms with Crippen LogP contribution in [-0.4, -0.2) is 16.9 Å². The van der Waals surface area contributed by atoms with E-state index in [2.05, 4.69) is 0 Å². The summed E-state index contributed by atoms with van der Waals surface area (Å²) in [5.41, 5.74) is 1.03. The van der Waals surface area contributed by atoms with Crippen molar-refractivity contribution in [1.82, 2.24) is 0 Å². The Bertz CT molecular complexity index is 1170. The number of ketones is 1. The minimum absolute atomic E-state index is 0.0190. The predicted octanol–water partition coefficient (Wildman–Crippen LogP) is 5.33. The van der Waals surface area contributed by atoms with Gasteiger partial charge < -0.3 is 9.84 Å². The lowest BCUT2D eigenvalue weighted by Gasteiger charge is -2.18. The Balaban J connectivity index is 1.70. The molecule has 4 rings (SSSR count). The van der Waals surface area contributed by atoms with E-state index in [1.165, 1.54) is 6.07 Å². The van der Waals surface area contributed by atoms with Gasteiger partial charge in [-0.05, 0) is 22.9 Å². The number of ether oxygens (including phenoxy) is 1. The van der Waals surface area contributed by atoms with Crippen molar-refractivity contribution in [3.8, 4) is 5.75 Å². The van der Waals surface area contributed by atoms with Crippen LogP contribution in [0.25, 0.3) is 10.8 Å². The molecule has 4 nitrogen and oxygen atoms in total. The molecule has 0 aliphatic rings. The van der Waals surface area contributed by atoms with Gasteiger partial charge in [0.2, 0.25) is 5.78 Å². The zero-order chi connectivity index (χ0) is 20.2. The largest absolute Gasteiger partial charge is 0.507 e. The first kappa shape index (κ1) is 18.4. The monoisotopic (exact) mass is 382 g/mol. The summed E-state index contributed by atoms with van der Waals surface area (Å²) in [4.78, 5) is 26.0. The van der Waals surface area contributed by atoms with Gasteiger partial charge in [-0.3, -0.25) is 4.79 Å². The van der Waals surface area contributed by atoms with Crippen molar-refractivity contribution in [2.45, 2.75) is 6.10 Å². The van der Waals surface area contributed by atoms with Crippen LogP contribution < -0.4 is 0 Å². The molecule has 4 aromatic carbocycles. The van der Waals surface area contributed by atoms with E-state index >= 15 is 0 Å². The highest BCUT2D eigenvalue weighted by molar-refractivity contribution is 6.03. The highest BCUT2D eigenvalue weighted by atomic mass is 16.5. The highest BCUT2D eigenvalue weighted by Gasteiger charge is 2.27. The Morgan fingerprint density at radius 2 is 1.28 bits per heavy atom. The summed E-state index contributed by atoms with van der Waals surface area (Å²) in [7, 11) is 0. The van der Waals surface area contributed by atoms with E-state index < -0.39 is 12.1 Å². The molecule has 1 atom stereocenters. The number of hydrogen-bond donors (Lipinski definition) is 1. The number of phenolic OH excluding ortho intramolecular Hbond substituents is 1. The Labute approximate surface area is 168 Å². The number of Topliss-reactive ketones (excluding diaryl/α,β-unsaturated/α-hetero) is 1. The normalized spacial score (nSPS) is 11.7. The van der Waals surface area contributed by atoms with E-state index in [0.717, 1.165) is 10.8 Å². The van der Waals surface area contributed by atoms with Gasteiger partial charge in [-0.25, -0.2) is 4.79 Å². The minimum atomic E-state index is -1.11. The molecule has 0 amide bonds. The summed E-state index contributed by atoms with van der Waals surface area (Å²) in [5.74, 6) is -1.27. The average Bonchev–Trinajstić information content (AvgIpc) is 2.77. The quantitative estimate of drug-likeness (QED) is 0.374. The summed E-state index contributed by atoms with van der Waals surface area (Å²) in [6.07, 6.45) is -1.11. The van der Waals surface area contributed by atoms with Crippen molar-refractivity contribution in [3.63, 3.8) is 0 Å². The molecule has 0 spiro atoms. The maximum atomic E-state index is 13.1. The summed E-state index contributed by atoms with van der Waals surface area (Å²) in [5, 5.41) is 11.9. The molecule has 1 N–H and O–H groups in total. The van der Waals surface area contributed by atoms with E-state index in [1.54, 1.807) is 54.6 Å². The van der Waals surface area contributed by atoms with Crippen LogP contribution in [-0.2, 0) is 4.74 Å². The highest BCUT2D eigenvalue weighted by Crippen LogP contribution is 2.29. The molecule has 4 heteroatoms. The van der Waals surface area contributed by atoms with Crippen LogP contribution in [0.15, 0.2) is 97.1 Å². The maximum absolute atomic E-state index is 13.1. The number of fused-ring (bicyclic) bond motifs is 1. The van der Waals surface area contributed by atoms with Gasteiger partial charge in [0, 0.05) is 11.1 Å². The van der Waals surface area contributed by atoms with E-state index in [9.17, 15) is 14.7 Å². The number of aromatic hydroxyl groups is 1. The van der Waals surface area contributed by atoms with Crippen LogP contribution in [0, 0.1) is 0 Å². The minimum Gasteiger partial charge on any atom is -0.507 e. The van der Waals surface area contributed by atoms with Crippen molar-refractivity contribution < 1.29 is 19.4 Å². The second-order valence-corrected chi connectivity index (χ2v) is 6.64. The first-order valence-corrected chi connectivity index (χ1v) is 9.20. The molecule has 0 bridgehead atoms. The summed E-state index contributed by atoms with van der Waals surface area (Å²) < 4.78 is 5.62. The summed E-state index contributed by atoms with van der Waals surface area (Å²) >= 11 is 0. The molecule has 0 unspecified atom stereocenters. The fourth-order valence-corrected chi connectivity index (χ4v) is 3.22. The third kappa shape index (κ3) is 3.87. The summed E-state index contributed by atoms with van der Waals surface area (Å²) in [6.45, 7) is 0. The lowest BCUT2D eigenvalue weighted by molar-refractivity contribution is 0.0277. The zero-order valence-corrected chi connectivity index (χ0v) is 15.5. The Kier molecular flexibility index (Phi) is 5.08. The van der Waals surface area contributed by atoms with E-state index in [-0.39, 0.29) is 17.1 Å². The number of carbonyl (C=O) groups excluding carboxylic acids is 2. The van der Waals surface area contributed by atoms with E-state index in [4.69, 9.17) is 4.74 Å². The second-order valence-electron chi connectivity index (χ2n) is 6.64. The standard InChI is InChI=1S/C25H18O4/c26-22-16-20-14-8-7-13-19(20)15-21(22)25(28)29-24(18-11-5-2-6-12-18)23(27)17-9-3-1-4-10-17/h1-16,24,26H/t24-/m0/s1. The third-order valence-corrected chi connectivity index (χ3v) is 4.71. The number of hydrogen-bond acceptors (Lipinski definition) is 4. The number of esters is 1. The van der Waals surface area contributed by atoms with Gasteiger partial charge >= 0.3 is 5.97 Å². The van der Waals surface area contributed by atoms with Crippen LogP contribution in [0.1, 0.15) is 32.4 Å². The van der Waals surface area contributed by atoms with Gasteiger partial charge in [0.05, 0.1) is 0 Å². The van der Waals surface area contributed by atoms with Gasteiger partial charge in [0.25, 0.3) is 0 Å². The lowest BCUT2D eigenvalue weighted by Crippen LogP contribution is -2.20. The Morgan fingerprint density at radius 3 is 1.93 bits per heavy atom. The van der Waals surface area contributed by atoms with Crippen LogP contribution in [0.5, 0.6) is 5.75 Å². The molecule has 0 aromatic heterocycles. The van der Waals surface area contributed by atoms with Crippen molar-refractivity contribution in [2.24, 2.45) is 0 Å². The van der Waals surface area contributed by atoms with Crippen LogP contribution in [0.4, 0.5) is 0 Å². The second kappa shape index (κ2) is 7.98. The van der Waals surface area contributed by atoms with Crippen LogP contribution in [0.3, 0.4) is 0 Å². The van der Waals surface area contributed by atoms with Crippen LogP contribution in [0.2, 0.25) is 0 Å². The molecule has 0 aliphatic carbocycles. The fraction of sp³-hybridized carbons (Fsp3) is 0.0400. The van der Waals surface area contributed by atoms with Gasteiger partial charge in [-0.2, -0.15) is 0 Å². The first-order chi connectivity index (χ1) is 14.1. The maximum Gasteiger partial charge on any atom is 0.343 e. The molecular weight excluding hydrogens is 364 g/mol. The van der Waals surface area contributed by atoms with E-state index in [0.29, 0.717) is 11.1 Å². The molecule has 0 fully saturated rings. The van der Waals surface area contributed by atoms with Gasteiger partial charge in [-0.1, -0.05) is 84.9 Å². The number of benzene rings is 4. The molecular formula is C25H18O4. The van der Waals surface area contributed by atoms with E-state index in [1.807, 2.05) is 36.4 Å². The molecule has 29 heavy (non-hydrogen) atoms. The molecule has 4 aromatic rings. The molecule has 142 valence electrons. The molecule has 0 radical (unpaired) electrons. The number of phenols is 1. The van der Waals surface area contributed by atoms with Crippen molar-refractivity contribution in [2.75, 3.05) is 0 Å². The first-order valence-electron chi connectivity index (χ1n) is 9.20. The third-order valence-electron chi connectivity index (χ3n) is 4.71. The van der Waals surface area contributed by atoms with Gasteiger partial charge in [-0.15, -0.1) is 0 Å². The number of carbonyl (C=O) groups is 2. The Morgan fingerprint density at radius 1 is 0.724 bits per heavy atom. The van der Waals surface area contributed by atoms with Gasteiger partial charge in [0.15, 0.2) is 6.10 Å². The molecule has 0 aliphatic heterocycles. The molecule has 0 saturated carbocycles. The SMILES string of the molecule is O=C(O[C@H](C(=O)c1ccccc1)c1ccccc1)c1cc2ccccc2cc1O. The van der Waals surface area contributed by atoms with Crippen LogP contribution >= 0.6 is 0 Å². The number of rotatable bonds is 5. The zero-order valence-electron chi connectivity index (χ0n) is 15.5.